The maximum atomic E-state index is 13.0. The van der Waals surface area contributed by atoms with Crippen molar-refractivity contribution in [2.45, 2.75) is 13.8 Å². The lowest BCUT2D eigenvalue weighted by Gasteiger charge is -2.16. The minimum atomic E-state index is -0.614. The van der Waals surface area contributed by atoms with Crippen LogP contribution in [0.15, 0.2) is 52.4 Å². The van der Waals surface area contributed by atoms with Crippen LogP contribution in [-0.2, 0) is 14.3 Å². The molecule has 28 heavy (non-hydrogen) atoms. The van der Waals surface area contributed by atoms with Crippen molar-refractivity contribution in [2.24, 2.45) is 4.99 Å². The SMILES string of the molecule is COC(=O)/C=C1/SC(=Nc2ccc(C)c(Cl)c2)N(c2ccc(C)c(Cl)c2)C1=O. The molecule has 0 aromatic heterocycles. The fraction of sp³-hybridized carbons (Fsp3) is 0.150. The van der Waals surface area contributed by atoms with Gasteiger partial charge in [0.2, 0.25) is 0 Å². The number of rotatable bonds is 3. The van der Waals surface area contributed by atoms with E-state index < -0.39 is 5.97 Å². The lowest BCUT2D eigenvalue weighted by Crippen LogP contribution is -2.28. The Kier molecular flexibility index (Phi) is 6.13. The summed E-state index contributed by atoms with van der Waals surface area (Å²) >= 11 is 13.5. The van der Waals surface area contributed by atoms with Crippen LogP contribution in [0, 0.1) is 13.8 Å². The standard InChI is InChI=1S/C20H16Cl2N2O3S/c1-11-4-6-13(8-15(11)21)23-20-24(14-7-5-12(2)16(22)9-14)19(26)17(28-20)10-18(25)27-3/h4-10H,1-3H3/b17-10+,23-20?. The number of thioether (sulfide) groups is 1. The van der Waals surface area contributed by atoms with Crippen LogP contribution in [0.25, 0.3) is 0 Å². The van der Waals surface area contributed by atoms with Gasteiger partial charge in [0.15, 0.2) is 5.17 Å². The summed E-state index contributed by atoms with van der Waals surface area (Å²) in [6.07, 6.45) is 1.15. The number of hydrogen-bond acceptors (Lipinski definition) is 5. The average molecular weight is 435 g/mol. The van der Waals surface area contributed by atoms with Gasteiger partial charge in [-0.15, -0.1) is 0 Å². The Bertz CT molecular complexity index is 1030. The molecule has 0 spiro atoms. The van der Waals surface area contributed by atoms with E-state index in [1.54, 1.807) is 18.2 Å². The zero-order valence-electron chi connectivity index (χ0n) is 15.3. The minimum absolute atomic E-state index is 0.209. The number of halogens is 2. The molecule has 1 amide bonds. The van der Waals surface area contributed by atoms with Crippen molar-refractivity contribution in [2.75, 3.05) is 12.0 Å². The van der Waals surface area contributed by atoms with Crippen molar-refractivity contribution in [1.29, 1.82) is 0 Å². The summed E-state index contributed by atoms with van der Waals surface area (Å²) in [4.78, 5) is 30.8. The van der Waals surface area contributed by atoms with E-state index in [0.717, 1.165) is 29.0 Å². The first-order valence-electron chi connectivity index (χ1n) is 8.23. The summed E-state index contributed by atoms with van der Waals surface area (Å²) in [6.45, 7) is 3.77. The molecule has 5 nitrogen and oxygen atoms in total. The van der Waals surface area contributed by atoms with Crippen LogP contribution in [0.2, 0.25) is 10.0 Å². The highest BCUT2D eigenvalue weighted by molar-refractivity contribution is 8.19. The summed E-state index contributed by atoms with van der Waals surface area (Å²) in [7, 11) is 1.25. The molecule has 0 atom stereocenters. The number of nitrogens with zero attached hydrogens (tertiary/aromatic N) is 2. The summed E-state index contributed by atoms with van der Waals surface area (Å²) in [5.41, 5.74) is 2.96. The average Bonchev–Trinajstić information content (AvgIpc) is 2.95. The van der Waals surface area contributed by atoms with Gasteiger partial charge in [0, 0.05) is 16.1 Å². The second kappa shape index (κ2) is 8.39. The van der Waals surface area contributed by atoms with Crippen molar-refractivity contribution >= 4 is 63.4 Å². The Labute approximate surface area is 177 Å². The molecule has 1 heterocycles. The first kappa shape index (κ1) is 20.5. The Balaban J connectivity index is 2.10. The van der Waals surface area contributed by atoms with Gasteiger partial charge in [-0.25, -0.2) is 9.79 Å². The summed E-state index contributed by atoms with van der Waals surface area (Å²) in [5.74, 6) is -0.996. The Morgan fingerprint density at radius 2 is 1.75 bits per heavy atom. The molecule has 1 aliphatic rings. The van der Waals surface area contributed by atoms with Crippen molar-refractivity contribution in [3.8, 4) is 0 Å². The van der Waals surface area contributed by atoms with Gasteiger partial charge in [0.1, 0.15) is 0 Å². The fourth-order valence-corrected chi connectivity index (χ4v) is 3.74. The number of amidine groups is 1. The molecule has 0 bridgehead atoms. The lowest BCUT2D eigenvalue weighted by atomic mass is 10.2. The van der Waals surface area contributed by atoms with E-state index >= 15 is 0 Å². The summed E-state index contributed by atoms with van der Waals surface area (Å²) < 4.78 is 4.64. The normalized spacial score (nSPS) is 16.9. The molecule has 0 N–H and O–H groups in total. The Morgan fingerprint density at radius 3 is 2.36 bits per heavy atom. The summed E-state index contributed by atoms with van der Waals surface area (Å²) in [5, 5.41) is 1.49. The highest BCUT2D eigenvalue weighted by Gasteiger charge is 2.35. The number of benzene rings is 2. The Morgan fingerprint density at radius 1 is 1.11 bits per heavy atom. The molecular weight excluding hydrogens is 419 g/mol. The molecular formula is C20H16Cl2N2O3S. The Hall–Kier alpha value is -2.28. The smallest absolute Gasteiger partial charge is 0.331 e. The molecule has 2 aromatic rings. The van der Waals surface area contributed by atoms with Crippen LogP contribution in [0.4, 0.5) is 11.4 Å². The minimum Gasteiger partial charge on any atom is -0.466 e. The van der Waals surface area contributed by atoms with Crippen LogP contribution >= 0.6 is 35.0 Å². The number of aryl methyl sites for hydroxylation is 2. The topological polar surface area (TPSA) is 59.0 Å². The van der Waals surface area contributed by atoms with E-state index in [-0.39, 0.29) is 10.8 Å². The molecule has 0 aliphatic carbocycles. The van der Waals surface area contributed by atoms with Crippen molar-refractivity contribution < 1.29 is 14.3 Å². The number of esters is 1. The summed E-state index contributed by atoms with van der Waals surface area (Å²) in [6, 6.07) is 10.7. The monoisotopic (exact) mass is 434 g/mol. The molecule has 1 saturated heterocycles. The molecule has 1 aliphatic heterocycles. The van der Waals surface area contributed by atoms with E-state index in [9.17, 15) is 9.59 Å². The maximum absolute atomic E-state index is 13.0. The van der Waals surface area contributed by atoms with Crippen LogP contribution in [0.3, 0.4) is 0 Å². The van der Waals surface area contributed by atoms with E-state index in [2.05, 4.69) is 9.73 Å². The van der Waals surface area contributed by atoms with Gasteiger partial charge in [-0.05, 0) is 61.0 Å². The third kappa shape index (κ3) is 4.24. The number of ether oxygens (including phenoxy) is 1. The number of carbonyl (C=O) groups is 2. The molecule has 0 saturated carbocycles. The number of amides is 1. The predicted molar refractivity (Wildman–Crippen MR) is 115 cm³/mol. The highest BCUT2D eigenvalue weighted by Crippen LogP contribution is 2.37. The van der Waals surface area contributed by atoms with Gasteiger partial charge < -0.3 is 4.74 Å². The van der Waals surface area contributed by atoms with Crippen LogP contribution in [0.1, 0.15) is 11.1 Å². The van der Waals surface area contributed by atoms with Gasteiger partial charge in [0.25, 0.3) is 5.91 Å². The molecule has 0 radical (unpaired) electrons. The molecule has 0 unspecified atom stereocenters. The third-order valence-corrected chi connectivity index (χ3v) is 5.83. The van der Waals surface area contributed by atoms with Crippen LogP contribution in [0.5, 0.6) is 0 Å². The van der Waals surface area contributed by atoms with Crippen molar-refractivity contribution in [1.82, 2.24) is 0 Å². The van der Waals surface area contributed by atoms with Crippen molar-refractivity contribution in [3.63, 3.8) is 0 Å². The number of hydrogen-bond donors (Lipinski definition) is 0. The third-order valence-electron chi connectivity index (χ3n) is 4.05. The van der Waals surface area contributed by atoms with Gasteiger partial charge in [-0.3, -0.25) is 9.69 Å². The van der Waals surface area contributed by atoms with Crippen LogP contribution < -0.4 is 4.90 Å². The van der Waals surface area contributed by atoms with E-state index in [0.29, 0.717) is 26.6 Å². The van der Waals surface area contributed by atoms with Crippen molar-refractivity contribution in [3.05, 3.63) is 68.6 Å². The fourth-order valence-electron chi connectivity index (χ4n) is 2.43. The van der Waals surface area contributed by atoms with Gasteiger partial charge in [0.05, 0.1) is 23.4 Å². The zero-order valence-corrected chi connectivity index (χ0v) is 17.7. The van der Waals surface area contributed by atoms with E-state index in [1.165, 1.54) is 12.0 Å². The molecule has 144 valence electrons. The van der Waals surface area contributed by atoms with E-state index in [4.69, 9.17) is 23.2 Å². The second-order valence-electron chi connectivity index (χ2n) is 6.04. The number of aliphatic imine (C=N–C) groups is 1. The number of anilines is 1. The van der Waals surface area contributed by atoms with Crippen LogP contribution in [-0.4, -0.2) is 24.2 Å². The van der Waals surface area contributed by atoms with Gasteiger partial charge in [-0.2, -0.15) is 0 Å². The first-order valence-corrected chi connectivity index (χ1v) is 9.80. The first-order chi connectivity index (χ1) is 13.3. The number of carbonyl (C=O) groups excluding carboxylic acids is 2. The quantitative estimate of drug-likeness (QED) is 0.476. The zero-order chi connectivity index (χ0) is 20.4. The number of methoxy groups -OCH3 is 1. The molecule has 3 rings (SSSR count). The second-order valence-corrected chi connectivity index (χ2v) is 7.86. The maximum Gasteiger partial charge on any atom is 0.331 e. The van der Waals surface area contributed by atoms with E-state index in [1.807, 2.05) is 32.0 Å². The molecule has 1 fully saturated rings. The highest BCUT2D eigenvalue weighted by atomic mass is 35.5. The molecule has 2 aromatic carbocycles. The molecule has 8 heteroatoms. The predicted octanol–water partition coefficient (Wildman–Crippen LogP) is 5.43. The van der Waals surface area contributed by atoms with Gasteiger partial charge >= 0.3 is 5.97 Å². The lowest BCUT2D eigenvalue weighted by molar-refractivity contribution is -0.135. The van der Waals surface area contributed by atoms with Gasteiger partial charge in [-0.1, -0.05) is 35.3 Å². The largest absolute Gasteiger partial charge is 0.466 e.